The Bertz CT molecular complexity index is 586. The van der Waals surface area contributed by atoms with Crippen molar-refractivity contribution in [2.45, 2.75) is 12.0 Å². The summed E-state index contributed by atoms with van der Waals surface area (Å²) < 4.78 is 4.65. The third-order valence-corrected chi connectivity index (χ3v) is 3.06. The summed E-state index contributed by atoms with van der Waals surface area (Å²) in [5.41, 5.74) is 5.08. The first-order valence-corrected chi connectivity index (χ1v) is 5.81. The molecule has 1 aromatic rings. The van der Waals surface area contributed by atoms with Crippen molar-refractivity contribution in [2.75, 3.05) is 13.7 Å². The second-order valence-corrected chi connectivity index (χ2v) is 4.30. The van der Waals surface area contributed by atoms with Crippen LogP contribution in [0.2, 0.25) is 0 Å². The van der Waals surface area contributed by atoms with Gasteiger partial charge in [-0.3, -0.25) is 10.1 Å². The molecule has 1 unspecified atom stereocenters. The summed E-state index contributed by atoms with van der Waals surface area (Å²) in [6, 6.07) is 5.93. The number of nitrogens with two attached hydrogens (primary N) is 1. The third-order valence-electron chi connectivity index (χ3n) is 3.06. The quantitative estimate of drug-likeness (QED) is 0.489. The van der Waals surface area contributed by atoms with Gasteiger partial charge in [0.15, 0.2) is 0 Å². The molecule has 8 nitrogen and oxygen atoms in total. The number of rotatable bonds is 4. The van der Waals surface area contributed by atoms with Gasteiger partial charge in [0.25, 0.3) is 11.3 Å². The van der Waals surface area contributed by atoms with E-state index in [0.717, 1.165) is 0 Å². The van der Waals surface area contributed by atoms with Crippen molar-refractivity contribution in [3.05, 3.63) is 39.9 Å². The number of nitro groups is 1. The van der Waals surface area contributed by atoms with Gasteiger partial charge in [0.1, 0.15) is 0 Å². The molecule has 20 heavy (non-hydrogen) atoms. The number of benzene rings is 1. The summed E-state index contributed by atoms with van der Waals surface area (Å²) in [5.74, 6) is -0.621. The lowest BCUT2D eigenvalue weighted by molar-refractivity contribution is -0.384. The van der Waals surface area contributed by atoms with E-state index in [1.54, 1.807) is 6.07 Å². The second kappa shape index (κ2) is 5.25. The first-order valence-electron chi connectivity index (χ1n) is 5.81. The minimum atomic E-state index is -1.35. The van der Waals surface area contributed by atoms with E-state index in [0.29, 0.717) is 11.3 Å². The highest BCUT2D eigenvalue weighted by atomic mass is 16.7. The van der Waals surface area contributed by atoms with E-state index in [1.807, 2.05) is 0 Å². The normalized spacial score (nSPS) is 21.0. The summed E-state index contributed by atoms with van der Waals surface area (Å²) in [4.78, 5) is 27.1. The highest BCUT2D eigenvalue weighted by Gasteiger charge is 2.47. The number of oxime groups is 1. The van der Waals surface area contributed by atoms with Crippen LogP contribution in [0.1, 0.15) is 12.0 Å². The molecule has 2 N–H and O–H groups in total. The van der Waals surface area contributed by atoms with Crippen LogP contribution in [0.5, 0.6) is 0 Å². The maximum Gasteiger partial charge on any atom is 0.354 e. The molecule has 0 aliphatic carbocycles. The average molecular weight is 279 g/mol. The van der Waals surface area contributed by atoms with Crippen LogP contribution in [-0.2, 0) is 14.4 Å². The molecule has 2 rings (SSSR count). The number of esters is 1. The zero-order valence-corrected chi connectivity index (χ0v) is 10.7. The van der Waals surface area contributed by atoms with Crippen molar-refractivity contribution in [1.29, 1.82) is 0 Å². The molecule has 0 amide bonds. The molecule has 106 valence electrons. The van der Waals surface area contributed by atoms with Crippen molar-refractivity contribution in [1.82, 2.24) is 0 Å². The van der Waals surface area contributed by atoms with Crippen LogP contribution in [0.15, 0.2) is 29.4 Å². The molecule has 1 atom stereocenters. The highest BCUT2D eigenvalue weighted by molar-refractivity contribution is 6.05. The lowest BCUT2D eigenvalue weighted by Gasteiger charge is -2.21. The molecule has 0 aromatic heterocycles. The monoisotopic (exact) mass is 279 g/mol. The minimum Gasteiger partial charge on any atom is -0.466 e. The van der Waals surface area contributed by atoms with E-state index in [2.05, 4.69) is 9.89 Å². The van der Waals surface area contributed by atoms with Crippen LogP contribution < -0.4 is 5.73 Å². The van der Waals surface area contributed by atoms with Gasteiger partial charge in [-0.05, 0) is 0 Å². The Kier molecular flexibility index (Phi) is 3.66. The number of carbonyl (C=O) groups is 1. The first-order chi connectivity index (χ1) is 9.52. The fourth-order valence-corrected chi connectivity index (χ4v) is 1.92. The molecule has 1 aliphatic heterocycles. The van der Waals surface area contributed by atoms with E-state index < -0.39 is 16.5 Å². The summed E-state index contributed by atoms with van der Waals surface area (Å²) in [7, 11) is 1.23. The Balaban J connectivity index is 2.26. The van der Waals surface area contributed by atoms with Crippen molar-refractivity contribution >= 4 is 17.4 Å². The van der Waals surface area contributed by atoms with E-state index in [1.165, 1.54) is 25.3 Å². The number of nitrogens with zero attached hydrogens (tertiary/aromatic N) is 2. The summed E-state index contributed by atoms with van der Waals surface area (Å²) >= 11 is 0. The minimum absolute atomic E-state index is 0.0616. The van der Waals surface area contributed by atoms with Gasteiger partial charge in [-0.15, -0.1) is 0 Å². The maximum atomic E-state index is 11.7. The lowest BCUT2D eigenvalue weighted by atomic mass is 9.94. The predicted octanol–water partition coefficient (Wildman–Crippen LogP) is 0.590. The van der Waals surface area contributed by atoms with E-state index in [9.17, 15) is 14.9 Å². The summed E-state index contributed by atoms with van der Waals surface area (Å²) in [6.45, 7) is -0.0956. The molecule has 0 spiro atoms. The Hall–Kier alpha value is -2.48. The van der Waals surface area contributed by atoms with Gasteiger partial charge >= 0.3 is 5.97 Å². The van der Waals surface area contributed by atoms with Gasteiger partial charge in [-0.25, -0.2) is 4.79 Å². The third kappa shape index (κ3) is 2.32. The number of nitro benzene ring substituents is 1. The molecule has 0 saturated heterocycles. The van der Waals surface area contributed by atoms with Crippen LogP contribution >= 0.6 is 0 Å². The smallest absolute Gasteiger partial charge is 0.354 e. The molecule has 0 radical (unpaired) electrons. The summed E-state index contributed by atoms with van der Waals surface area (Å²) in [6.07, 6.45) is 0.108. The van der Waals surface area contributed by atoms with Gasteiger partial charge in [0.2, 0.25) is 0 Å². The molecular weight excluding hydrogens is 266 g/mol. The average Bonchev–Trinajstić information content (AvgIpc) is 2.92. The molecule has 1 aliphatic rings. The van der Waals surface area contributed by atoms with Crippen LogP contribution in [0, 0.1) is 10.1 Å². The van der Waals surface area contributed by atoms with Gasteiger partial charge in [-0.1, -0.05) is 17.3 Å². The molecule has 0 fully saturated rings. The van der Waals surface area contributed by atoms with Crippen molar-refractivity contribution < 1.29 is 19.3 Å². The number of ether oxygens (including phenoxy) is 1. The second-order valence-electron chi connectivity index (χ2n) is 4.30. The standard InChI is InChI=1S/C12H13N3O5/c1-19-11(16)12(7-13)6-10(14-20-12)8-3-2-4-9(5-8)15(17)18/h2-5H,6-7,13H2,1H3. The van der Waals surface area contributed by atoms with Gasteiger partial charge in [0, 0.05) is 30.7 Å². The highest BCUT2D eigenvalue weighted by Crippen LogP contribution is 2.28. The molecule has 1 aromatic carbocycles. The Morgan fingerprint density at radius 3 is 3.00 bits per heavy atom. The molecule has 8 heteroatoms. The fraction of sp³-hybridized carbons (Fsp3) is 0.333. The van der Waals surface area contributed by atoms with E-state index >= 15 is 0 Å². The topological polar surface area (TPSA) is 117 Å². The SMILES string of the molecule is COC(=O)C1(CN)CC(c2cccc([N+](=O)[O-])c2)=NO1. The number of hydrogen-bond donors (Lipinski definition) is 1. The Morgan fingerprint density at radius 2 is 2.40 bits per heavy atom. The first kappa shape index (κ1) is 13.9. The predicted molar refractivity (Wildman–Crippen MR) is 69.1 cm³/mol. The lowest BCUT2D eigenvalue weighted by Crippen LogP contribution is -2.46. The largest absolute Gasteiger partial charge is 0.466 e. The number of non-ortho nitro benzene ring substituents is 1. The molecule has 0 saturated carbocycles. The fourth-order valence-electron chi connectivity index (χ4n) is 1.92. The molecule has 1 heterocycles. The Labute approximate surface area is 114 Å². The number of carbonyl (C=O) groups excluding carboxylic acids is 1. The molecule has 0 bridgehead atoms. The Morgan fingerprint density at radius 1 is 1.65 bits per heavy atom. The van der Waals surface area contributed by atoms with Gasteiger partial charge < -0.3 is 15.3 Å². The van der Waals surface area contributed by atoms with Gasteiger partial charge in [-0.2, -0.15) is 0 Å². The number of methoxy groups -OCH3 is 1. The van der Waals surface area contributed by atoms with Crippen molar-refractivity contribution in [2.24, 2.45) is 10.9 Å². The van der Waals surface area contributed by atoms with Crippen LogP contribution in [0.3, 0.4) is 0 Å². The summed E-state index contributed by atoms with van der Waals surface area (Å²) in [5, 5.41) is 14.6. The van der Waals surface area contributed by atoms with E-state index in [4.69, 9.17) is 10.6 Å². The van der Waals surface area contributed by atoms with Crippen molar-refractivity contribution in [3.63, 3.8) is 0 Å². The van der Waals surface area contributed by atoms with Crippen molar-refractivity contribution in [3.8, 4) is 0 Å². The van der Waals surface area contributed by atoms with Crippen LogP contribution in [0.4, 0.5) is 5.69 Å². The number of hydrogen-bond acceptors (Lipinski definition) is 7. The van der Waals surface area contributed by atoms with E-state index in [-0.39, 0.29) is 18.7 Å². The van der Waals surface area contributed by atoms with Gasteiger partial charge in [0.05, 0.1) is 17.7 Å². The molecular formula is C12H13N3O5. The zero-order valence-electron chi connectivity index (χ0n) is 10.7. The van der Waals surface area contributed by atoms with Crippen LogP contribution in [0.25, 0.3) is 0 Å². The zero-order chi connectivity index (χ0) is 14.8. The maximum absolute atomic E-state index is 11.7. The van der Waals surface area contributed by atoms with Crippen LogP contribution in [-0.4, -0.2) is 35.9 Å².